The molecule has 0 spiro atoms. The Kier molecular flexibility index (Phi) is 2.85. The summed E-state index contributed by atoms with van der Waals surface area (Å²) in [6, 6.07) is 0. The van der Waals surface area contributed by atoms with Gasteiger partial charge in [0.05, 0.1) is 13.1 Å². The monoisotopic (exact) mass is 192 g/mol. The number of carbonyl (C=O) groups excluding carboxylic acids is 1. The van der Waals surface area contributed by atoms with Crippen LogP contribution in [-0.4, -0.2) is 42.4 Å². The topological polar surface area (TPSA) is 32.3 Å². The smallest absolute Gasteiger partial charge is 0.251 e. The Labute approximate surface area is 76.1 Å². The van der Waals surface area contributed by atoms with Gasteiger partial charge in [-0.05, 0) is 13.8 Å². The number of rotatable bonds is 2. The number of hydrogen-bond donors (Lipinski definition) is 1. The van der Waals surface area contributed by atoms with Crippen molar-refractivity contribution in [1.82, 2.24) is 10.2 Å². The van der Waals surface area contributed by atoms with Crippen LogP contribution >= 0.6 is 0 Å². The first kappa shape index (κ1) is 10.4. The molecule has 3 nitrogen and oxygen atoms in total. The predicted octanol–water partition coefficient (Wildman–Crippen LogP) is 0.462. The van der Waals surface area contributed by atoms with Gasteiger partial charge in [-0.2, -0.15) is 0 Å². The Morgan fingerprint density at radius 1 is 1.62 bits per heavy atom. The molecule has 0 aromatic heterocycles. The van der Waals surface area contributed by atoms with Crippen molar-refractivity contribution in [2.45, 2.75) is 25.8 Å². The normalized spacial score (nSPS) is 23.3. The van der Waals surface area contributed by atoms with Gasteiger partial charge in [0.1, 0.15) is 0 Å². The number of nitrogens with zero attached hydrogens (tertiary/aromatic N) is 1. The van der Waals surface area contributed by atoms with Crippen LogP contribution in [-0.2, 0) is 4.79 Å². The minimum atomic E-state index is -2.38. The zero-order valence-electron chi connectivity index (χ0n) is 7.81. The molecule has 1 heterocycles. The maximum atomic E-state index is 12.1. The molecule has 1 fully saturated rings. The largest absolute Gasteiger partial charge is 0.353 e. The van der Waals surface area contributed by atoms with Crippen LogP contribution in [0.3, 0.4) is 0 Å². The molecule has 0 atom stereocenters. The molecule has 1 amide bonds. The van der Waals surface area contributed by atoms with Gasteiger partial charge in [0.25, 0.3) is 6.43 Å². The van der Waals surface area contributed by atoms with E-state index in [4.69, 9.17) is 0 Å². The third-order valence-corrected chi connectivity index (χ3v) is 2.27. The van der Waals surface area contributed by atoms with Gasteiger partial charge in [-0.3, -0.25) is 9.69 Å². The maximum Gasteiger partial charge on any atom is 0.251 e. The van der Waals surface area contributed by atoms with Crippen LogP contribution in [0.5, 0.6) is 0 Å². The van der Waals surface area contributed by atoms with E-state index in [2.05, 4.69) is 5.32 Å². The minimum absolute atomic E-state index is 0.0668. The predicted molar refractivity (Wildman–Crippen MR) is 44.7 cm³/mol. The van der Waals surface area contributed by atoms with Crippen LogP contribution in [0, 0.1) is 0 Å². The lowest BCUT2D eigenvalue weighted by Gasteiger charge is -2.41. The first-order valence-corrected chi connectivity index (χ1v) is 4.22. The van der Waals surface area contributed by atoms with E-state index in [1.54, 1.807) is 0 Å². The molecule has 0 aliphatic carbocycles. The molecule has 13 heavy (non-hydrogen) atoms. The van der Waals surface area contributed by atoms with E-state index in [1.807, 2.05) is 13.8 Å². The fraction of sp³-hybridized carbons (Fsp3) is 0.875. The average Bonchev–Trinajstić information content (AvgIpc) is 1.97. The third-order valence-electron chi connectivity index (χ3n) is 2.27. The van der Waals surface area contributed by atoms with Gasteiger partial charge in [0, 0.05) is 12.1 Å². The Bertz CT molecular complexity index is 206. The van der Waals surface area contributed by atoms with Gasteiger partial charge >= 0.3 is 0 Å². The summed E-state index contributed by atoms with van der Waals surface area (Å²) in [6.45, 7) is 3.85. The summed E-state index contributed by atoms with van der Waals surface area (Å²) in [5, 5.41) is 2.65. The van der Waals surface area contributed by atoms with Gasteiger partial charge in [-0.15, -0.1) is 0 Å². The van der Waals surface area contributed by atoms with Gasteiger partial charge < -0.3 is 5.32 Å². The molecule has 1 rings (SSSR count). The zero-order chi connectivity index (χ0) is 10.1. The van der Waals surface area contributed by atoms with Crippen molar-refractivity contribution in [3.05, 3.63) is 0 Å². The fourth-order valence-corrected chi connectivity index (χ4v) is 1.35. The van der Waals surface area contributed by atoms with E-state index in [-0.39, 0.29) is 24.5 Å². The standard InChI is InChI=1S/C8H14F2N2O/c1-8(2)5-11-7(13)4-12(8)3-6(9)10/h6H,3-5H2,1-2H3,(H,11,13). The summed E-state index contributed by atoms with van der Waals surface area (Å²) in [6.07, 6.45) is -2.38. The number of hydrogen-bond acceptors (Lipinski definition) is 2. The summed E-state index contributed by atoms with van der Waals surface area (Å²) in [5.74, 6) is -0.181. The number of piperazine rings is 1. The maximum absolute atomic E-state index is 12.1. The highest BCUT2D eigenvalue weighted by atomic mass is 19.3. The van der Waals surface area contributed by atoms with Gasteiger partial charge in [0.2, 0.25) is 5.91 Å². The third kappa shape index (κ3) is 2.62. The van der Waals surface area contributed by atoms with Crippen molar-refractivity contribution in [3.8, 4) is 0 Å². The van der Waals surface area contributed by atoms with Crippen molar-refractivity contribution in [2.75, 3.05) is 19.6 Å². The van der Waals surface area contributed by atoms with Crippen molar-refractivity contribution >= 4 is 5.91 Å². The molecule has 1 saturated heterocycles. The first-order valence-electron chi connectivity index (χ1n) is 4.22. The quantitative estimate of drug-likeness (QED) is 0.689. The lowest BCUT2D eigenvalue weighted by Crippen LogP contribution is -2.61. The lowest BCUT2D eigenvalue weighted by atomic mass is 10.0. The van der Waals surface area contributed by atoms with Crippen molar-refractivity contribution in [3.63, 3.8) is 0 Å². The summed E-state index contributed by atoms with van der Waals surface area (Å²) in [5.41, 5.74) is -0.371. The van der Waals surface area contributed by atoms with E-state index < -0.39 is 6.43 Å². The Morgan fingerprint density at radius 3 is 2.77 bits per heavy atom. The molecule has 76 valence electrons. The molecule has 0 bridgehead atoms. The highest BCUT2D eigenvalue weighted by molar-refractivity contribution is 5.79. The molecule has 1 aliphatic heterocycles. The number of halogens is 2. The molecule has 0 radical (unpaired) electrons. The molecular formula is C8H14F2N2O. The molecule has 0 saturated carbocycles. The molecule has 1 N–H and O–H groups in total. The second kappa shape index (κ2) is 3.57. The van der Waals surface area contributed by atoms with E-state index in [0.717, 1.165) is 0 Å². The number of carbonyl (C=O) groups is 1. The fourth-order valence-electron chi connectivity index (χ4n) is 1.35. The second-order valence-corrected chi connectivity index (χ2v) is 3.86. The molecular weight excluding hydrogens is 178 g/mol. The summed E-state index contributed by atoms with van der Waals surface area (Å²) in [4.78, 5) is 12.5. The van der Waals surface area contributed by atoms with Gasteiger partial charge in [0.15, 0.2) is 0 Å². The van der Waals surface area contributed by atoms with Crippen LogP contribution in [0.15, 0.2) is 0 Å². The van der Waals surface area contributed by atoms with Crippen LogP contribution < -0.4 is 5.32 Å². The van der Waals surface area contributed by atoms with E-state index in [0.29, 0.717) is 6.54 Å². The highest BCUT2D eigenvalue weighted by Gasteiger charge is 2.34. The summed E-state index contributed by atoms with van der Waals surface area (Å²) >= 11 is 0. The van der Waals surface area contributed by atoms with E-state index in [1.165, 1.54) is 4.90 Å². The van der Waals surface area contributed by atoms with Crippen LogP contribution in [0.2, 0.25) is 0 Å². The van der Waals surface area contributed by atoms with E-state index in [9.17, 15) is 13.6 Å². The van der Waals surface area contributed by atoms with E-state index >= 15 is 0 Å². The van der Waals surface area contributed by atoms with Crippen LogP contribution in [0.1, 0.15) is 13.8 Å². The van der Waals surface area contributed by atoms with Gasteiger partial charge in [-0.25, -0.2) is 8.78 Å². The van der Waals surface area contributed by atoms with Crippen molar-refractivity contribution < 1.29 is 13.6 Å². The average molecular weight is 192 g/mol. The summed E-state index contributed by atoms with van der Waals surface area (Å²) < 4.78 is 24.2. The van der Waals surface area contributed by atoms with Crippen LogP contribution in [0.4, 0.5) is 8.78 Å². The van der Waals surface area contributed by atoms with Gasteiger partial charge in [-0.1, -0.05) is 0 Å². The Hall–Kier alpha value is -0.710. The van der Waals surface area contributed by atoms with Crippen LogP contribution in [0.25, 0.3) is 0 Å². The second-order valence-electron chi connectivity index (χ2n) is 3.86. The molecule has 0 aromatic carbocycles. The first-order chi connectivity index (χ1) is 5.92. The highest BCUT2D eigenvalue weighted by Crippen LogP contribution is 2.17. The number of nitrogens with one attached hydrogen (secondary N) is 1. The molecule has 5 heteroatoms. The van der Waals surface area contributed by atoms with Crippen molar-refractivity contribution in [2.24, 2.45) is 0 Å². The summed E-state index contributed by atoms with van der Waals surface area (Å²) in [7, 11) is 0. The van der Waals surface area contributed by atoms with Crippen molar-refractivity contribution in [1.29, 1.82) is 0 Å². The SMILES string of the molecule is CC1(C)CNC(=O)CN1CC(F)F. The Balaban J connectivity index is 2.61. The zero-order valence-corrected chi connectivity index (χ0v) is 7.81. The molecule has 1 aliphatic rings. The number of alkyl halides is 2. The molecule has 0 aromatic rings. The Morgan fingerprint density at radius 2 is 2.23 bits per heavy atom. The minimum Gasteiger partial charge on any atom is -0.353 e. The number of amides is 1. The lowest BCUT2D eigenvalue weighted by molar-refractivity contribution is -0.128. The molecule has 0 unspecified atom stereocenters.